The average Bonchev–Trinajstić information content (AvgIpc) is 3.55. The van der Waals surface area contributed by atoms with Crippen molar-refractivity contribution in [2.24, 2.45) is 0 Å². The summed E-state index contributed by atoms with van der Waals surface area (Å²) >= 11 is 0. The third kappa shape index (κ3) is 5.31. The Kier molecular flexibility index (Phi) is 8.02. The van der Waals surface area contributed by atoms with Gasteiger partial charge >= 0.3 is 0 Å². The standard InChI is InChI=1S/C49H45N5O5/c1-7-21-48(5)50-32-12-10-11-26-14-17-29(41(51-48)36(26)32)39-46(57)40(47(39)58)30-19-16-27-15-18-28(42-37(27)43(30)53-49(6,52-42)22-8-2)38-44(55)31(45(38)56)24-35-54(9-3)33-23-25(4)13-20-34(33)59-35/h10-20,23-24,50,53,55,57H,7-9,21-22H2,1-6H3/b35-24-,38-28-,39-29-. The van der Waals surface area contributed by atoms with Gasteiger partial charge in [0, 0.05) is 67.2 Å². The fraction of sp³-hybridized carbons (Fsp3) is 0.265. The molecule has 0 saturated carbocycles. The Bertz CT molecular complexity index is 3160. The maximum Gasteiger partial charge on any atom is 0.231 e. The lowest BCUT2D eigenvalue weighted by Gasteiger charge is -2.34. The first-order valence-electron chi connectivity index (χ1n) is 20.6. The number of hydrogen-bond acceptors (Lipinski definition) is 8. The van der Waals surface area contributed by atoms with E-state index in [-0.39, 0.29) is 45.4 Å². The van der Waals surface area contributed by atoms with Crippen LogP contribution in [0.15, 0.2) is 102 Å². The van der Waals surface area contributed by atoms with Crippen molar-refractivity contribution in [3.05, 3.63) is 134 Å². The molecule has 59 heavy (non-hydrogen) atoms. The molecule has 10 nitrogen and oxygen atoms in total. The van der Waals surface area contributed by atoms with Crippen LogP contribution in [0.4, 0.5) is 17.1 Å². The zero-order valence-electron chi connectivity index (χ0n) is 34.0. The highest BCUT2D eigenvalue weighted by Gasteiger charge is 2.40. The number of fused-ring (bicyclic) bond motifs is 1. The van der Waals surface area contributed by atoms with Crippen molar-refractivity contribution >= 4 is 66.9 Å². The highest BCUT2D eigenvalue weighted by atomic mass is 16.5. The Hall–Kier alpha value is -6.68. The molecule has 5 aromatic rings. The van der Waals surface area contributed by atoms with Gasteiger partial charge < -0.3 is 30.5 Å². The Balaban J connectivity index is 1.16. The van der Waals surface area contributed by atoms with Gasteiger partial charge in [-0.15, -0.1) is 0 Å². The number of nitrogens with one attached hydrogen (secondary N) is 4. The first-order chi connectivity index (χ1) is 28.4. The molecule has 2 atom stereocenters. The summed E-state index contributed by atoms with van der Waals surface area (Å²) in [6, 6.07) is 23.2. The maximum absolute atomic E-state index is 14.5. The highest BCUT2D eigenvalue weighted by molar-refractivity contribution is 6.52. The summed E-state index contributed by atoms with van der Waals surface area (Å²) in [7, 11) is 0. The van der Waals surface area contributed by atoms with E-state index in [1.54, 1.807) is 6.08 Å². The molecule has 296 valence electrons. The Morgan fingerprint density at radius 2 is 1.39 bits per heavy atom. The second kappa shape index (κ2) is 12.9. The van der Waals surface area contributed by atoms with E-state index in [0.717, 1.165) is 57.7 Å². The number of allylic oxidation sites excluding steroid dienone is 5. The zero-order chi connectivity index (χ0) is 41.1. The molecule has 10 rings (SSSR count). The molecule has 0 fully saturated rings. The molecule has 2 unspecified atom stereocenters. The molecular formula is C49H45N5O5. The van der Waals surface area contributed by atoms with Gasteiger partial charge in [0.1, 0.15) is 0 Å². The molecule has 0 spiro atoms. The number of carbonyl (C=O) groups is 2. The smallest absolute Gasteiger partial charge is 0.231 e. The van der Waals surface area contributed by atoms with E-state index in [1.807, 2.05) is 98.5 Å². The van der Waals surface area contributed by atoms with Gasteiger partial charge in [0.05, 0.1) is 38.3 Å². The lowest BCUT2D eigenvalue weighted by atomic mass is 9.79. The highest BCUT2D eigenvalue weighted by Crippen LogP contribution is 2.43. The summed E-state index contributed by atoms with van der Waals surface area (Å²) in [4.78, 5) is 37.8. The van der Waals surface area contributed by atoms with Crippen LogP contribution < -0.4 is 61.6 Å². The van der Waals surface area contributed by atoms with E-state index in [4.69, 9.17) is 4.74 Å². The van der Waals surface area contributed by atoms with Crippen molar-refractivity contribution in [2.45, 2.75) is 78.6 Å². The zero-order valence-corrected chi connectivity index (χ0v) is 34.0. The molecule has 5 aromatic carbocycles. The van der Waals surface area contributed by atoms with Gasteiger partial charge in [0.15, 0.2) is 17.3 Å². The number of carbonyl (C=O) groups excluding carboxylic acids is 2. The Morgan fingerprint density at radius 3 is 2.05 bits per heavy atom. The SMILES string of the molecule is CCCC1(C)Nc2cccc3cc/c(=C4/C(=O)C(c5ccc6cc/c(=C7/C(=O)C(/C=C8\Oc9ccc(C)cc9N8CC)=C7[O-])c7c6c5NC(C)(CCC)[NH+]=7)=C4[O-])c(c23)=[NH+]1. The number of rotatable bonds is 7. The molecular weight excluding hydrogens is 739 g/mol. The van der Waals surface area contributed by atoms with Gasteiger partial charge in [0.25, 0.3) is 0 Å². The quantitative estimate of drug-likeness (QED) is 0.193. The minimum atomic E-state index is -0.725. The number of aryl methyl sites for hydroxylation is 1. The first-order valence-corrected chi connectivity index (χ1v) is 20.6. The van der Waals surface area contributed by atoms with Crippen LogP contribution in [0, 0.1) is 6.92 Å². The van der Waals surface area contributed by atoms with E-state index in [1.165, 1.54) is 0 Å². The van der Waals surface area contributed by atoms with Crippen LogP contribution in [0.25, 0.3) is 38.3 Å². The number of ether oxygens (including phenoxy) is 1. The third-order valence-corrected chi connectivity index (χ3v) is 12.5. The fourth-order valence-corrected chi connectivity index (χ4v) is 9.79. The molecule has 10 heteroatoms. The number of Topliss-reactive ketones (excluding diaryl/α,β-unsaturated/α-hetero) is 2. The summed E-state index contributed by atoms with van der Waals surface area (Å²) in [5.74, 6) is -0.237. The third-order valence-electron chi connectivity index (χ3n) is 12.5. The van der Waals surface area contributed by atoms with Crippen LogP contribution >= 0.6 is 0 Å². The van der Waals surface area contributed by atoms with E-state index >= 15 is 0 Å². The topological polar surface area (TPSA) is 145 Å². The number of benzene rings is 5. The van der Waals surface area contributed by atoms with Crippen LogP contribution in [-0.4, -0.2) is 29.4 Å². The molecule has 0 radical (unpaired) electrons. The molecule has 0 aromatic heterocycles. The second-order valence-electron chi connectivity index (χ2n) is 16.8. The molecule has 0 amide bonds. The van der Waals surface area contributed by atoms with Crippen LogP contribution in [0.3, 0.4) is 0 Å². The predicted octanol–water partition coefficient (Wildman–Crippen LogP) is 1.20. The van der Waals surface area contributed by atoms with Gasteiger partial charge in [-0.25, -0.2) is 9.98 Å². The number of hydrogen-bond donors (Lipinski definition) is 4. The summed E-state index contributed by atoms with van der Waals surface area (Å²) < 4.78 is 6.12. The molecule has 0 bridgehead atoms. The number of ketones is 2. The summed E-state index contributed by atoms with van der Waals surface area (Å²) in [6.07, 6.45) is 4.81. The summed E-state index contributed by atoms with van der Waals surface area (Å²) in [6.45, 7) is 12.9. The summed E-state index contributed by atoms with van der Waals surface area (Å²) in [5.41, 5.74) is 3.31. The Labute approximate surface area is 341 Å². The molecule has 0 saturated heterocycles. The van der Waals surface area contributed by atoms with Crippen LogP contribution in [0.2, 0.25) is 0 Å². The van der Waals surface area contributed by atoms with Crippen molar-refractivity contribution in [1.82, 2.24) is 0 Å². The van der Waals surface area contributed by atoms with Crippen LogP contribution in [0.1, 0.15) is 71.4 Å². The lowest BCUT2D eigenvalue weighted by Crippen LogP contribution is -2.95. The van der Waals surface area contributed by atoms with Gasteiger partial charge in [-0.05, 0) is 73.4 Å². The number of anilines is 3. The van der Waals surface area contributed by atoms with Gasteiger partial charge in [-0.3, -0.25) is 9.59 Å². The maximum atomic E-state index is 14.5. The summed E-state index contributed by atoms with van der Waals surface area (Å²) in [5, 5.41) is 41.8. The predicted molar refractivity (Wildman–Crippen MR) is 224 cm³/mol. The van der Waals surface area contributed by atoms with E-state index < -0.39 is 11.3 Å². The van der Waals surface area contributed by atoms with Crippen molar-refractivity contribution in [2.75, 3.05) is 22.1 Å². The van der Waals surface area contributed by atoms with E-state index in [9.17, 15) is 19.8 Å². The minimum Gasteiger partial charge on any atom is -0.871 e. The van der Waals surface area contributed by atoms with Crippen molar-refractivity contribution in [1.29, 1.82) is 0 Å². The monoisotopic (exact) mass is 783 g/mol. The normalized spacial score (nSPS) is 24.0. The van der Waals surface area contributed by atoms with Gasteiger partial charge in [0.2, 0.25) is 27.9 Å². The molecule has 2 aliphatic carbocycles. The van der Waals surface area contributed by atoms with Gasteiger partial charge in [-0.2, -0.15) is 0 Å². The second-order valence-corrected chi connectivity index (χ2v) is 16.8. The van der Waals surface area contributed by atoms with Crippen molar-refractivity contribution < 1.29 is 34.5 Å². The molecule has 5 aliphatic rings. The van der Waals surface area contributed by atoms with Crippen LogP contribution in [-0.2, 0) is 9.59 Å². The Morgan fingerprint density at radius 1 is 0.746 bits per heavy atom. The van der Waals surface area contributed by atoms with E-state index in [2.05, 4.69) is 41.4 Å². The van der Waals surface area contributed by atoms with Crippen molar-refractivity contribution in [3.8, 4) is 5.75 Å². The van der Waals surface area contributed by atoms with E-state index in [0.29, 0.717) is 57.0 Å². The first kappa shape index (κ1) is 36.6. The fourth-order valence-electron chi connectivity index (χ4n) is 9.79. The molecule has 3 heterocycles. The number of nitrogens with zero attached hydrogens (tertiary/aromatic N) is 1. The minimum absolute atomic E-state index is 0.0638. The van der Waals surface area contributed by atoms with Gasteiger partial charge in [-0.1, -0.05) is 67.8 Å². The van der Waals surface area contributed by atoms with Crippen LogP contribution in [0.5, 0.6) is 5.75 Å². The largest absolute Gasteiger partial charge is 0.871 e. The van der Waals surface area contributed by atoms with Crippen molar-refractivity contribution in [3.63, 3.8) is 0 Å². The lowest BCUT2D eigenvalue weighted by molar-refractivity contribution is -0.580. The molecule has 3 aliphatic heterocycles. The average molecular weight is 784 g/mol. The molecule has 4 N–H and O–H groups in total.